The second-order valence-electron chi connectivity index (χ2n) is 7.87. The predicted octanol–water partition coefficient (Wildman–Crippen LogP) is 0.127. The fourth-order valence-corrected chi connectivity index (χ4v) is 3.96. The van der Waals surface area contributed by atoms with Crippen molar-refractivity contribution in [1.82, 2.24) is 19.5 Å². The molecule has 192 valence electrons. The number of benzene rings is 1. The fraction of sp³-hybridized carbons (Fsp3) is 0.350. The third-order valence-corrected chi connectivity index (χ3v) is 5.87. The smallest absolute Gasteiger partial charge is 0.348 e. The fourth-order valence-electron chi connectivity index (χ4n) is 3.79. The highest BCUT2D eigenvalue weighted by molar-refractivity contribution is 6.28. The van der Waals surface area contributed by atoms with Crippen molar-refractivity contribution in [3.8, 4) is 0 Å². The minimum Gasteiger partial charge on any atom is -0.479 e. The van der Waals surface area contributed by atoms with Gasteiger partial charge in [-0.2, -0.15) is 9.97 Å². The number of hydrogen-bond donors (Lipinski definition) is 5. The average molecular weight is 530 g/mol. The van der Waals surface area contributed by atoms with E-state index >= 15 is 0 Å². The van der Waals surface area contributed by atoms with E-state index in [-0.39, 0.29) is 22.3 Å². The molecule has 13 nitrogen and oxygen atoms in total. The van der Waals surface area contributed by atoms with Crippen LogP contribution in [0.4, 0.5) is 14.6 Å². The Hall–Kier alpha value is -3.50. The number of hydrogen-bond acceptors (Lipinski definition) is 10. The molecule has 3 aromatic rings. The molecular formula is C20H18ClF2N5O8. The molecular weight excluding hydrogens is 512 g/mol. The molecule has 36 heavy (non-hydrogen) atoms. The summed E-state index contributed by atoms with van der Waals surface area (Å²) in [4.78, 5) is 35.6. The highest BCUT2D eigenvalue weighted by Gasteiger charge is 2.52. The summed E-state index contributed by atoms with van der Waals surface area (Å²) >= 11 is 5.82. The van der Waals surface area contributed by atoms with Gasteiger partial charge in [0.05, 0.1) is 12.9 Å². The lowest BCUT2D eigenvalue weighted by Crippen LogP contribution is -2.53. The highest BCUT2D eigenvalue weighted by atomic mass is 35.5. The number of aliphatic hydroxyl groups is 2. The summed E-state index contributed by atoms with van der Waals surface area (Å²) in [6.45, 7) is -0.895. The van der Waals surface area contributed by atoms with Crippen molar-refractivity contribution >= 4 is 40.5 Å². The van der Waals surface area contributed by atoms with Gasteiger partial charge in [0.15, 0.2) is 17.7 Å². The zero-order chi connectivity index (χ0) is 26.4. The second kappa shape index (κ2) is 9.51. The molecule has 1 fully saturated rings. The molecule has 1 aliphatic heterocycles. The third kappa shape index (κ3) is 4.31. The minimum absolute atomic E-state index is 0.0470. The quantitative estimate of drug-likeness (QED) is 0.195. The third-order valence-electron chi connectivity index (χ3n) is 5.70. The van der Waals surface area contributed by atoms with E-state index in [4.69, 9.17) is 26.8 Å². The Balaban J connectivity index is 1.60. The molecule has 0 saturated carbocycles. The van der Waals surface area contributed by atoms with E-state index in [2.05, 4.69) is 15.0 Å². The second-order valence-corrected chi connectivity index (χ2v) is 8.21. The van der Waals surface area contributed by atoms with Gasteiger partial charge in [-0.3, -0.25) is 4.57 Å². The van der Waals surface area contributed by atoms with Crippen molar-refractivity contribution < 1.29 is 48.3 Å². The number of halogens is 3. The van der Waals surface area contributed by atoms with Crippen LogP contribution in [0.3, 0.4) is 0 Å². The van der Waals surface area contributed by atoms with Gasteiger partial charge in [0.1, 0.15) is 35.5 Å². The molecule has 1 aliphatic rings. The van der Waals surface area contributed by atoms with Gasteiger partial charge in [0, 0.05) is 12.0 Å². The van der Waals surface area contributed by atoms with Crippen molar-refractivity contribution in [2.75, 3.05) is 12.3 Å². The van der Waals surface area contributed by atoms with Gasteiger partial charge in [-0.15, -0.1) is 0 Å². The van der Waals surface area contributed by atoms with Gasteiger partial charge in [-0.05, 0) is 23.7 Å². The molecule has 4 rings (SSSR count). The number of fused-ring (bicyclic) bond motifs is 1. The molecule has 0 spiro atoms. The Kier molecular flexibility index (Phi) is 6.76. The number of carboxylic acid groups (broad SMARTS) is 2. The monoisotopic (exact) mass is 529 g/mol. The number of nitrogens with zero attached hydrogens (tertiary/aromatic N) is 4. The standard InChI is InChI=1S/C20H18ClF2N5O8/c21-19-26-14(24)11-15(27-19)28(6-25-11)16-13(30)12(29)10(36-16)5-35-20(17(31)32,18(33)34)4-7-8(22)2-1-3-9(7)23/h1-3,6,10,12-13,16,29-30H,4-5H2,(H,31,32)(H,33,34)(H2,24,26,27)/t10-,12-,13-,16-/m1/s1. The summed E-state index contributed by atoms with van der Waals surface area (Å²) in [5.41, 5.74) is 1.94. The van der Waals surface area contributed by atoms with Crippen LogP contribution in [-0.4, -0.2) is 82.4 Å². The lowest BCUT2D eigenvalue weighted by Gasteiger charge is -2.27. The lowest BCUT2D eigenvalue weighted by atomic mass is 9.93. The number of aliphatic hydroxyl groups excluding tert-OH is 2. The van der Waals surface area contributed by atoms with E-state index < -0.39 is 72.3 Å². The van der Waals surface area contributed by atoms with E-state index in [0.29, 0.717) is 0 Å². The normalized spacial score (nSPS) is 22.2. The summed E-state index contributed by atoms with van der Waals surface area (Å²) < 4.78 is 40.2. The van der Waals surface area contributed by atoms with Gasteiger partial charge < -0.3 is 35.6 Å². The van der Waals surface area contributed by atoms with Crippen LogP contribution >= 0.6 is 11.6 Å². The molecule has 16 heteroatoms. The number of nitrogen functional groups attached to an aromatic ring is 1. The summed E-state index contributed by atoms with van der Waals surface area (Å²) in [5, 5.41) is 40.1. The Bertz CT molecular complexity index is 1310. The van der Waals surface area contributed by atoms with E-state index in [1.807, 2.05) is 0 Å². The van der Waals surface area contributed by atoms with Crippen molar-refractivity contribution in [3.63, 3.8) is 0 Å². The van der Waals surface area contributed by atoms with Crippen molar-refractivity contribution in [2.45, 2.75) is 36.6 Å². The number of imidazole rings is 1. The molecule has 0 bridgehead atoms. The summed E-state index contributed by atoms with van der Waals surface area (Å²) in [6, 6.07) is 2.68. The topological polar surface area (TPSA) is 203 Å². The van der Waals surface area contributed by atoms with Crippen molar-refractivity contribution in [2.24, 2.45) is 0 Å². The molecule has 4 atom stereocenters. The number of nitrogens with two attached hydrogens (primary N) is 1. The van der Waals surface area contributed by atoms with Gasteiger partial charge in [0.25, 0.3) is 5.60 Å². The largest absolute Gasteiger partial charge is 0.479 e. The maximum absolute atomic E-state index is 14.1. The van der Waals surface area contributed by atoms with Crippen LogP contribution in [0.25, 0.3) is 11.2 Å². The van der Waals surface area contributed by atoms with E-state index in [1.54, 1.807) is 0 Å². The Morgan fingerprint density at radius 1 is 1.17 bits per heavy atom. The molecule has 0 radical (unpaired) electrons. The lowest BCUT2D eigenvalue weighted by molar-refractivity contribution is -0.190. The molecule has 0 amide bonds. The van der Waals surface area contributed by atoms with Crippen LogP contribution in [-0.2, 0) is 25.5 Å². The first-order valence-corrected chi connectivity index (χ1v) is 10.5. The number of carbonyl (C=O) groups is 2. The number of aliphatic carboxylic acids is 2. The average Bonchev–Trinajstić information content (AvgIpc) is 3.34. The summed E-state index contributed by atoms with van der Waals surface area (Å²) in [7, 11) is 0. The molecule has 0 aliphatic carbocycles. The zero-order valence-corrected chi connectivity index (χ0v) is 18.7. The van der Waals surface area contributed by atoms with E-state index in [0.717, 1.165) is 18.2 Å². The van der Waals surface area contributed by atoms with E-state index in [9.17, 15) is 38.8 Å². The van der Waals surface area contributed by atoms with E-state index in [1.165, 1.54) is 10.9 Å². The number of anilines is 1. The number of aromatic nitrogens is 4. The van der Waals surface area contributed by atoms with Gasteiger partial charge >= 0.3 is 11.9 Å². The first kappa shape index (κ1) is 25.6. The SMILES string of the molecule is Nc1nc(Cl)nc2c1ncn2[C@@H]1O[C@H](COC(Cc2c(F)cccc2F)(C(=O)O)C(=O)O)[C@@H](O)[C@H]1O. The number of rotatable bonds is 8. The first-order valence-electron chi connectivity index (χ1n) is 10.2. The van der Waals surface area contributed by atoms with Crippen LogP contribution in [0.5, 0.6) is 0 Å². The maximum Gasteiger partial charge on any atom is 0.348 e. The summed E-state index contributed by atoms with van der Waals surface area (Å²) in [5.74, 6) is -6.52. The van der Waals surface area contributed by atoms with Crippen LogP contribution < -0.4 is 5.73 Å². The minimum atomic E-state index is -3.15. The summed E-state index contributed by atoms with van der Waals surface area (Å²) in [6.07, 6.45) is -6.20. The van der Waals surface area contributed by atoms with Crippen LogP contribution in [0.15, 0.2) is 24.5 Å². The van der Waals surface area contributed by atoms with Gasteiger partial charge in [-0.25, -0.2) is 23.4 Å². The molecule has 3 heterocycles. The van der Waals surface area contributed by atoms with Gasteiger partial charge in [-0.1, -0.05) is 6.07 Å². The number of ether oxygens (including phenoxy) is 2. The number of carboxylic acids is 2. The molecule has 6 N–H and O–H groups in total. The van der Waals surface area contributed by atoms with Crippen LogP contribution in [0.1, 0.15) is 11.8 Å². The highest BCUT2D eigenvalue weighted by Crippen LogP contribution is 2.34. The zero-order valence-electron chi connectivity index (χ0n) is 18.0. The Labute approximate surface area is 204 Å². The van der Waals surface area contributed by atoms with Crippen LogP contribution in [0.2, 0.25) is 5.28 Å². The first-order chi connectivity index (χ1) is 17.0. The van der Waals surface area contributed by atoms with Crippen molar-refractivity contribution in [1.29, 1.82) is 0 Å². The van der Waals surface area contributed by atoms with Gasteiger partial charge in [0.2, 0.25) is 5.28 Å². The maximum atomic E-state index is 14.1. The molecule has 2 aromatic heterocycles. The van der Waals surface area contributed by atoms with Crippen LogP contribution in [0, 0.1) is 11.6 Å². The molecule has 0 unspecified atom stereocenters. The predicted molar refractivity (Wildman–Crippen MR) is 115 cm³/mol. The Morgan fingerprint density at radius 2 is 1.81 bits per heavy atom. The molecule has 1 saturated heterocycles. The molecule has 1 aromatic carbocycles. The Morgan fingerprint density at radius 3 is 2.42 bits per heavy atom. The van der Waals surface area contributed by atoms with Crippen molar-refractivity contribution in [3.05, 3.63) is 47.0 Å².